The first kappa shape index (κ1) is 25.5. The van der Waals surface area contributed by atoms with Crippen LogP contribution >= 0.6 is 24.0 Å². The summed E-state index contributed by atoms with van der Waals surface area (Å²) < 4.78 is 10.5. The van der Waals surface area contributed by atoms with Gasteiger partial charge in [0.05, 0.1) is 26.2 Å². The van der Waals surface area contributed by atoms with Crippen LogP contribution in [0.1, 0.15) is 46.1 Å². The number of ether oxygens (including phenoxy) is 2. The molecule has 1 fully saturated rings. The summed E-state index contributed by atoms with van der Waals surface area (Å²) in [5, 5.41) is 3.40. The highest BCUT2D eigenvalue weighted by atomic mass is 127. The normalized spacial score (nSPS) is 15.5. The second-order valence-corrected chi connectivity index (χ2v) is 7.80. The van der Waals surface area contributed by atoms with Gasteiger partial charge in [0.2, 0.25) is 0 Å². The Morgan fingerprint density at radius 3 is 2.55 bits per heavy atom. The number of nitrogens with zero attached hydrogens (tertiary/aromatic N) is 2. The molecule has 1 aromatic rings. The summed E-state index contributed by atoms with van der Waals surface area (Å²) in [6, 6.07) is 8.18. The molecule has 1 aromatic carbocycles. The Kier molecular flexibility index (Phi) is 10.8. The molecule has 0 saturated carbocycles. The largest absolute Gasteiger partial charge is 0.497 e. The minimum Gasteiger partial charge on any atom is -0.497 e. The number of methoxy groups -OCH3 is 1. The van der Waals surface area contributed by atoms with Crippen molar-refractivity contribution >= 4 is 35.9 Å². The van der Waals surface area contributed by atoms with E-state index in [2.05, 4.69) is 43.1 Å². The summed E-state index contributed by atoms with van der Waals surface area (Å²) in [7, 11) is 1.69. The summed E-state index contributed by atoms with van der Waals surface area (Å²) in [6.07, 6.45) is 1.62. The van der Waals surface area contributed by atoms with E-state index in [-0.39, 0.29) is 41.3 Å². The Bertz CT molecular complexity index is 671. The molecule has 0 radical (unpaired) electrons. The van der Waals surface area contributed by atoms with Crippen LogP contribution in [-0.4, -0.2) is 56.7 Å². The van der Waals surface area contributed by atoms with Gasteiger partial charge in [-0.25, -0.2) is 0 Å². The van der Waals surface area contributed by atoms with Crippen LogP contribution in [0, 0.1) is 5.92 Å². The zero-order valence-electron chi connectivity index (χ0n) is 18.4. The number of benzene rings is 1. The summed E-state index contributed by atoms with van der Waals surface area (Å²) >= 11 is 0. The third-order valence-corrected chi connectivity index (χ3v) is 5.22. The zero-order chi connectivity index (χ0) is 20.6. The number of likely N-dealkylation sites (tertiary alicyclic amines) is 1. The summed E-state index contributed by atoms with van der Waals surface area (Å²) in [4.78, 5) is 19.1. The molecule has 29 heavy (non-hydrogen) atoms. The van der Waals surface area contributed by atoms with Crippen LogP contribution in [0.3, 0.4) is 0 Å². The Labute approximate surface area is 192 Å². The summed E-state index contributed by atoms with van der Waals surface area (Å²) in [5.41, 5.74) is 1.09. The molecule has 1 aliphatic rings. The molecule has 0 amide bonds. The molecular formula is C22H36IN3O3. The Morgan fingerprint density at radius 2 is 1.97 bits per heavy atom. The lowest BCUT2D eigenvalue weighted by molar-refractivity contribution is -0.149. The number of halogens is 1. The fraction of sp³-hybridized carbons (Fsp3) is 0.636. The molecule has 0 unspecified atom stereocenters. The van der Waals surface area contributed by atoms with Crippen molar-refractivity contribution in [1.29, 1.82) is 0 Å². The lowest BCUT2D eigenvalue weighted by Crippen LogP contribution is -2.47. The molecule has 0 aliphatic carbocycles. The second kappa shape index (κ2) is 12.2. The fourth-order valence-corrected chi connectivity index (χ4v) is 3.42. The molecule has 7 heteroatoms. The van der Waals surface area contributed by atoms with Crippen molar-refractivity contribution in [2.24, 2.45) is 10.9 Å². The van der Waals surface area contributed by atoms with Crippen molar-refractivity contribution in [3.8, 4) is 5.75 Å². The second-order valence-electron chi connectivity index (χ2n) is 7.80. The number of carbonyl (C=O) groups excluding carboxylic acids is 1. The molecule has 1 saturated heterocycles. The van der Waals surface area contributed by atoms with Gasteiger partial charge in [-0.2, -0.15) is 0 Å². The maximum atomic E-state index is 12.0. The van der Waals surface area contributed by atoms with E-state index in [1.54, 1.807) is 7.11 Å². The number of piperidine rings is 1. The number of esters is 1. The number of carbonyl (C=O) groups is 1. The molecule has 0 atom stereocenters. The van der Waals surface area contributed by atoms with Crippen LogP contribution in [0.4, 0.5) is 0 Å². The van der Waals surface area contributed by atoms with Crippen molar-refractivity contribution in [2.75, 3.05) is 39.9 Å². The molecule has 6 nitrogen and oxygen atoms in total. The molecule has 2 rings (SSSR count). The smallest absolute Gasteiger partial charge is 0.309 e. The lowest BCUT2D eigenvalue weighted by atomic mass is 9.84. The third kappa shape index (κ3) is 7.35. The van der Waals surface area contributed by atoms with Gasteiger partial charge in [0.25, 0.3) is 0 Å². The van der Waals surface area contributed by atoms with Crippen LogP contribution in [-0.2, 0) is 14.9 Å². The number of rotatable bonds is 7. The maximum absolute atomic E-state index is 12.0. The first-order valence-corrected chi connectivity index (χ1v) is 10.3. The number of aliphatic imine (C=N–C) groups is 1. The van der Waals surface area contributed by atoms with Gasteiger partial charge >= 0.3 is 5.97 Å². The van der Waals surface area contributed by atoms with E-state index in [1.807, 2.05) is 19.1 Å². The van der Waals surface area contributed by atoms with Gasteiger partial charge in [-0.05, 0) is 44.4 Å². The average Bonchev–Trinajstić information content (AvgIpc) is 2.71. The maximum Gasteiger partial charge on any atom is 0.309 e. The van der Waals surface area contributed by atoms with E-state index in [1.165, 1.54) is 5.56 Å². The quantitative estimate of drug-likeness (QED) is 0.258. The Morgan fingerprint density at radius 1 is 1.28 bits per heavy atom. The number of hydrogen-bond donors (Lipinski definition) is 1. The number of hydrogen-bond acceptors (Lipinski definition) is 4. The van der Waals surface area contributed by atoms with Crippen LogP contribution in [0.2, 0.25) is 0 Å². The monoisotopic (exact) mass is 517 g/mol. The van der Waals surface area contributed by atoms with Crippen LogP contribution < -0.4 is 10.1 Å². The highest BCUT2D eigenvalue weighted by Gasteiger charge is 2.28. The predicted octanol–water partition coefficient (Wildman–Crippen LogP) is 3.83. The van der Waals surface area contributed by atoms with Gasteiger partial charge in [-0.15, -0.1) is 24.0 Å². The lowest BCUT2D eigenvalue weighted by Gasteiger charge is -2.34. The topological polar surface area (TPSA) is 63.2 Å². The molecule has 1 heterocycles. The van der Waals surface area contributed by atoms with Crippen molar-refractivity contribution in [3.05, 3.63) is 29.8 Å². The van der Waals surface area contributed by atoms with Crippen molar-refractivity contribution in [1.82, 2.24) is 10.2 Å². The standard InChI is InChI=1S/C22H35N3O3.HI/c1-6-23-21(25-13-11-17(12-14-25)20(26)28-7-2)24-16-22(3,4)18-9-8-10-19(15-18)27-5;/h8-10,15,17H,6-7,11-14,16H2,1-5H3,(H,23,24);1H. The number of guanidine groups is 1. The van der Waals surface area contributed by atoms with E-state index < -0.39 is 0 Å². The molecule has 0 aromatic heterocycles. The van der Waals surface area contributed by atoms with Gasteiger partial charge < -0.3 is 19.7 Å². The van der Waals surface area contributed by atoms with Gasteiger partial charge in [0.1, 0.15) is 5.75 Å². The van der Waals surface area contributed by atoms with Gasteiger partial charge in [0, 0.05) is 25.0 Å². The molecule has 0 bridgehead atoms. The van der Waals surface area contributed by atoms with Gasteiger partial charge in [-0.3, -0.25) is 9.79 Å². The Balaban J connectivity index is 0.00000420. The Hall–Kier alpha value is -1.51. The fourth-order valence-electron chi connectivity index (χ4n) is 3.42. The first-order chi connectivity index (χ1) is 13.4. The van der Waals surface area contributed by atoms with Crippen LogP contribution in [0.15, 0.2) is 29.3 Å². The van der Waals surface area contributed by atoms with Gasteiger partial charge in [-0.1, -0.05) is 26.0 Å². The van der Waals surface area contributed by atoms with Crippen LogP contribution in [0.5, 0.6) is 5.75 Å². The first-order valence-electron chi connectivity index (χ1n) is 10.3. The van der Waals surface area contributed by atoms with E-state index in [0.29, 0.717) is 13.2 Å². The zero-order valence-corrected chi connectivity index (χ0v) is 20.7. The molecule has 1 N–H and O–H groups in total. The van der Waals surface area contributed by atoms with E-state index >= 15 is 0 Å². The minimum absolute atomic E-state index is 0. The van der Waals surface area contributed by atoms with Crippen molar-refractivity contribution in [2.45, 2.75) is 46.0 Å². The molecule has 164 valence electrons. The molecule has 0 spiro atoms. The summed E-state index contributed by atoms with van der Waals surface area (Å²) in [6.45, 7) is 11.9. The van der Waals surface area contributed by atoms with Crippen LogP contribution in [0.25, 0.3) is 0 Å². The van der Waals surface area contributed by atoms with E-state index in [4.69, 9.17) is 14.5 Å². The minimum atomic E-state index is -0.113. The average molecular weight is 517 g/mol. The molecular weight excluding hydrogens is 481 g/mol. The van der Waals surface area contributed by atoms with E-state index in [0.717, 1.165) is 44.2 Å². The third-order valence-electron chi connectivity index (χ3n) is 5.22. The summed E-state index contributed by atoms with van der Waals surface area (Å²) in [5.74, 6) is 1.72. The highest BCUT2D eigenvalue weighted by molar-refractivity contribution is 14.0. The molecule has 1 aliphatic heterocycles. The predicted molar refractivity (Wildman–Crippen MR) is 128 cm³/mol. The highest BCUT2D eigenvalue weighted by Crippen LogP contribution is 2.27. The van der Waals surface area contributed by atoms with Crippen molar-refractivity contribution in [3.63, 3.8) is 0 Å². The van der Waals surface area contributed by atoms with Crippen molar-refractivity contribution < 1.29 is 14.3 Å². The SMILES string of the molecule is CCNC(=NCC(C)(C)c1cccc(OC)c1)N1CCC(C(=O)OCC)CC1.I. The number of nitrogens with one attached hydrogen (secondary N) is 1. The van der Waals surface area contributed by atoms with E-state index in [9.17, 15) is 4.79 Å². The van der Waals surface area contributed by atoms with Gasteiger partial charge in [0.15, 0.2) is 5.96 Å².